The second kappa shape index (κ2) is 11.2. The summed E-state index contributed by atoms with van der Waals surface area (Å²) in [6.07, 6.45) is 0. The number of aromatic nitrogens is 2. The minimum atomic E-state index is -0.548. The van der Waals surface area contributed by atoms with Gasteiger partial charge < -0.3 is 37.4 Å². The first-order chi connectivity index (χ1) is 27.7. The molecule has 0 aliphatic carbocycles. The van der Waals surface area contributed by atoms with Crippen LogP contribution in [0.25, 0.3) is 98.6 Å². The molecule has 0 amide bonds. The average Bonchev–Trinajstić information content (AvgIpc) is 4.00. The van der Waals surface area contributed by atoms with Crippen LogP contribution in [0, 0.1) is 0 Å². The number of hydrogen-bond acceptors (Lipinski definition) is 6. The van der Waals surface area contributed by atoms with E-state index >= 15 is 0 Å². The van der Waals surface area contributed by atoms with Crippen LogP contribution in [0.4, 0.5) is 0 Å². The lowest BCUT2D eigenvalue weighted by molar-refractivity contribution is 0.00578. The molecule has 6 aromatic carbocycles. The highest BCUT2D eigenvalue weighted by Gasteiger charge is 2.53. The molecule has 286 valence electrons. The van der Waals surface area contributed by atoms with E-state index < -0.39 is 36.6 Å². The third kappa shape index (κ3) is 4.57. The van der Waals surface area contributed by atoms with Crippen molar-refractivity contribution in [1.29, 1.82) is 0 Å². The van der Waals surface area contributed by atoms with E-state index in [-0.39, 0.29) is 0 Å². The lowest BCUT2D eigenvalue weighted by atomic mass is 9.75. The number of furan rings is 2. The molecule has 2 fully saturated rings. The van der Waals surface area contributed by atoms with Gasteiger partial charge in [0.15, 0.2) is 5.58 Å². The van der Waals surface area contributed by atoms with Gasteiger partial charge in [0.25, 0.3) is 0 Å². The second-order valence-corrected chi connectivity index (χ2v) is 18.3. The standard InChI is InChI=1S/C48H42B2N2O6/c1-45(2)46(3,4)56-49(55-45)33-23-32-27-13-10-12-16-37(27)53-44(32)42-39(33)30-20-18-25(21-36(30)52-42)26-17-19-28-31-24-34(50-57-47(5,6)48(7,8)58-50)41-40(43(31)54-38(28)22-26)29-14-9-11-15-35(29)51-41/h9-24,51-52H,1-8H3. The molecule has 0 saturated carbocycles. The highest BCUT2D eigenvalue weighted by Crippen LogP contribution is 2.44. The monoisotopic (exact) mass is 764 g/mol. The second-order valence-electron chi connectivity index (χ2n) is 18.3. The number of benzene rings is 6. The van der Waals surface area contributed by atoms with Crippen molar-refractivity contribution >= 4 is 113 Å². The van der Waals surface area contributed by atoms with E-state index in [2.05, 4.69) is 144 Å². The zero-order chi connectivity index (χ0) is 39.7. The van der Waals surface area contributed by atoms with Gasteiger partial charge in [0, 0.05) is 54.2 Å². The van der Waals surface area contributed by atoms with Crippen LogP contribution in [-0.4, -0.2) is 46.6 Å². The molecular weight excluding hydrogens is 722 g/mol. The van der Waals surface area contributed by atoms with Crippen molar-refractivity contribution in [2.45, 2.75) is 77.8 Å². The van der Waals surface area contributed by atoms with E-state index in [1.807, 2.05) is 18.2 Å². The molecule has 0 atom stereocenters. The number of fused-ring (bicyclic) bond motifs is 14. The Bertz CT molecular complexity index is 3370. The molecule has 0 unspecified atom stereocenters. The largest absolute Gasteiger partial charge is 0.497 e. The summed E-state index contributed by atoms with van der Waals surface area (Å²) >= 11 is 0. The zero-order valence-corrected chi connectivity index (χ0v) is 33.8. The van der Waals surface area contributed by atoms with Crippen molar-refractivity contribution in [2.75, 3.05) is 0 Å². The summed E-state index contributed by atoms with van der Waals surface area (Å²) in [6.45, 7) is 16.7. The summed E-state index contributed by atoms with van der Waals surface area (Å²) in [5.74, 6) is 0. The topological polar surface area (TPSA) is 94.8 Å². The lowest BCUT2D eigenvalue weighted by Crippen LogP contribution is -2.41. The molecular formula is C48H42B2N2O6. The molecule has 0 bridgehead atoms. The summed E-state index contributed by atoms with van der Waals surface area (Å²) in [6, 6.07) is 34.1. The van der Waals surface area contributed by atoms with E-state index in [0.717, 1.165) is 110 Å². The first-order valence-corrected chi connectivity index (χ1v) is 20.2. The molecule has 2 aliphatic heterocycles. The van der Waals surface area contributed by atoms with Gasteiger partial charge in [-0.3, -0.25) is 0 Å². The van der Waals surface area contributed by atoms with Crippen LogP contribution in [0.15, 0.2) is 106 Å². The summed E-state index contributed by atoms with van der Waals surface area (Å²) in [7, 11) is -1.09. The predicted octanol–water partition coefficient (Wildman–Crippen LogP) is 11.0. The SMILES string of the molecule is CC1(C)OB(c2cc3c4ccc(-c5ccc6c(c5)[nH]c5c7oc8ccccc8c7cc(B7OC(C)(C)C(C)(C)O7)c65)cc4oc3c3c2[nH]c2ccccc23)OC1(C)C. The Labute approximate surface area is 335 Å². The molecule has 0 spiro atoms. The van der Waals surface area contributed by atoms with Crippen molar-refractivity contribution in [3.63, 3.8) is 0 Å². The first kappa shape index (κ1) is 34.5. The number of H-pyrrole nitrogens is 2. The average molecular weight is 764 g/mol. The summed E-state index contributed by atoms with van der Waals surface area (Å²) in [5, 5.41) is 8.40. The molecule has 2 N–H and O–H groups in total. The van der Waals surface area contributed by atoms with E-state index in [9.17, 15) is 0 Å². The minimum Gasteiger partial charge on any atom is -0.455 e. The maximum absolute atomic E-state index is 6.86. The highest BCUT2D eigenvalue weighted by atomic mass is 16.7. The van der Waals surface area contributed by atoms with Crippen molar-refractivity contribution in [3.05, 3.63) is 97.1 Å². The maximum Gasteiger partial charge on any atom is 0.497 e. The predicted molar refractivity (Wildman–Crippen MR) is 237 cm³/mol. The van der Waals surface area contributed by atoms with Gasteiger partial charge in [0.1, 0.15) is 16.7 Å². The fourth-order valence-electron chi connectivity index (χ4n) is 9.23. The van der Waals surface area contributed by atoms with Crippen molar-refractivity contribution in [1.82, 2.24) is 9.97 Å². The van der Waals surface area contributed by atoms with Gasteiger partial charge in [-0.2, -0.15) is 0 Å². The van der Waals surface area contributed by atoms with Crippen molar-refractivity contribution < 1.29 is 27.5 Å². The fourth-order valence-corrected chi connectivity index (χ4v) is 9.23. The first-order valence-electron chi connectivity index (χ1n) is 20.2. The molecule has 4 aromatic heterocycles. The van der Waals surface area contributed by atoms with Gasteiger partial charge in [-0.1, -0.05) is 54.6 Å². The Kier molecular flexibility index (Phi) is 6.64. The van der Waals surface area contributed by atoms with Gasteiger partial charge in [-0.15, -0.1) is 0 Å². The fraction of sp³-hybridized carbons (Fsp3) is 0.250. The van der Waals surface area contributed by atoms with Gasteiger partial charge >= 0.3 is 14.2 Å². The van der Waals surface area contributed by atoms with Crippen molar-refractivity contribution in [3.8, 4) is 11.1 Å². The molecule has 6 heterocycles. The number of para-hydroxylation sites is 2. The molecule has 0 radical (unpaired) electrons. The van der Waals surface area contributed by atoms with E-state index in [4.69, 9.17) is 27.5 Å². The highest BCUT2D eigenvalue weighted by molar-refractivity contribution is 6.67. The van der Waals surface area contributed by atoms with Crippen LogP contribution in [-0.2, 0) is 18.6 Å². The maximum atomic E-state index is 6.86. The Balaban J connectivity index is 1.04. The molecule has 2 aliphatic rings. The van der Waals surface area contributed by atoms with Crippen molar-refractivity contribution in [2.24, 2.45) is 0 Å². The molecule has 58 heavy (non-hydrogen) atoms. The van der Waals surface area contributed by atoms with E-state index in [1.54, 1.807) is 0 Å². The van der Waals surface area contributed by atoms with Gasteiger partial charge in [-0.05, 0) is 114 Å². The van der Waals surface area contributed by atoms with E-state index in [0.29, 0.717) is 0 Å². The molecule has 10 heteroatoms. The normalized spacial score (nSPS) is 18.9. The van der Waals surface area contributed by atoms with Crippen LogP contribution in [0.5, 0.6) is 0 Å². The Morgan fingerprint density at radius 1 is 0.414 bits per heavy atom. The molecule has 2 saturated heterocycles. The Morgan fingerprint density at radius 2 is 0.931 bits per heavy atom. The number of aromatic amines is 2. The van der Waals surface area contributed by atoms with Crippen LogP contribution in [0.3, 0.4) is 0 Å². The van der Waals surface area contributed by atoms with Gasteiger partial charge in [0.05, 0.1) is 38.8 Å². The van der Waals surface area contributed by atoms with Gasteiger partial charge in [-0.25, -0.2) is 0 Å². The third-order valence-electron chi connectivity index (χ3n) is 13.8. The zero-order valence-electron chi connectivity index (χ0n) is 33.8. The van der Waals surface area contributed by atoms with Gasteiger partial charge in [0.2, 0.25) is 0 Å². The molecule has 10 aromatic rings. The summed E-state index contributed by atoms with van der Waals surface area (Å²) in [4.78, 5) is 7.46. The number of rotatable bonds is 3. The number of hydrogen-bond donors (Lipinski definition) is 2. The van der Waals surface area contributed by atoms with Crippen LogP contribution < -0.4 is 10.9 Å². The summed E-state index contributed by atoms with van der Waals surface area (Å²) in [5.41, 5.74) is 9.39. The number of nitrogens with one attached hydrogen (secondary N) is 2. The van der Waals surface area contributed by atoms with Crippen LogP contribution in [0.1, 0.15) is 55.4 Å². The van der Waals surface area contributed by atoms with Crippen LogP contribution >= 0.6 is 0 Å². The quantitative estimate of drug-likeness (QED) is 0.174. The Morgan fingerprint density at radius 3 is 1.66 bits per heavy atom. The lowest BCUT2D eigenvalue weighted by Gasteiger charge is -2.32. The summed E-state index contributed by atoms with van der Waals surface area (Å²) < 4.78 is 40.0. The Hall–Kier alpha value is -5.51. The van der Waals surface area contributed by atoms with E-state index in [1.165, 1.54) is 0 Å². The third-order valence-corrected chi connectivity index (χ3v) is 13.8. The van der Waals surface area contributed by atoms with Crippen LogP contribution in [0.2, 0.25) is 0 Å². The minimum absolute atomic E-state index is 0.476. The molecule has 12 rings (SSSR count). The molecule has 8 nitrogen and oxygen atoms in total. The smallest absolute Gasteiger partial charge is 0.455 e.